The minimum atomic E-state index is -6.56. The Labute approximate surface area is 283 Å². The molecule has 0 heterocycles. The molecule has 10 heteroatoms. The van der Waals surface area contributed by atoms with Gasteiger partial charge in [-0.05, 0) is 69.6 Å². The van der Waals surface area contributed by atoms with Gasteiger partial charge in [0.15, 0.2) is 24.8 Å². The summed E-state index contributed by atoms with van der Waals surface area (Å²) < 4.78 is 86.4. The number of hydrogen-bond acceptors (Lipinski definition) is 4. The Kier molecular flexibility index (Phi) is 9.76. The van der Waals surface area contributed by atoms with Crippen LogP contribution in [0.25, 0.3) is 32.3 Å². The maximum absolute atomic E-state index is 13.1. The van der Waals surface area contributed by atoms with Gasteiger partial charge in [0.2, 0.25) is 0 Å². The maximum Gasteiger partial charge on any atom is 0.434 e. The van der Waals surface area contributed by atoms with Crippen molar-refractivity contribution >= 4 is 53.3 Å². The van der Waals surface area contributed by atoms with Gasteiger partial charge < -0.3 is 9.29 Å². The molecular formula is C39H28F4O4S2. The fourth-order valence-electron chi connectivity index (χ4n) is 5.41. The van der Waals surface area contributed by atoms with Gasteiger partial charge >= 0.3 is 11.4 Å². The van der Waals surface area contributed by atoms with Crippen LogP contribution in [0.3, 0.4) is 0 Å². The van der Waals surface area contributed by atoms with Crippen molar-refractivity contribution in [2.45, 2.75) is 32.7 Å². The smallest absolute Gasteiger partial charge is 0.434 e. The summed E-state index contributed by atoms with van der Waals surface area (Å²) in [6, 6.07) is 52.9. The van der Waals surface area contributed by atoms with E-state index in [-0.39, 0.29) is 16.5 Å². The first-order valence-corrected chi connectivity index (χ1v) is 17.7. The number of ether oxygens (including phenoxy) is 1. The minimum Gasteiger partial charge on any atom is -0.743 e. The highest BCUT2D eigenvalue weighted by atomic mass is 32.2. The molecule has 0 aliphatic heterocycles. The number of fused-ring (bicyclic) bond motifs is 3. The molecule has 0 saturated carbocycles. The van der Waals surface area contributed by atoms with Crippen molar-refractivity contribution in [2.75, 3.05) is 0 Å². The molecule has 0 aromatic heterocycles. The molecular weight excluding hydrogens is 673 g/mol. The molecule has 7 aromatic rings. The van der Waals surface area contributed by atoms with Crippen LogP contribution in [0.15, 0.2) is 172 Å². The molecule has 7 rings (SSSR count). The quantitative estimate of drug-likeness (QED) is 0.0899. The number of alkyl halides is 4. The molecule has 49 heavy (non-hydrogen) atoms. The second-order valence-corrected chi connectivity index (χ2v) is 14.4. The molecule has 0 radical (unpaired) electrons. The lowest BCUT2D eigenvalue weighted by molar-refractivity contribution is -0.323. The molecule has 0 saturated heterocycles. The summed E-state index contributed by atoms with van der Waals surface area (Å²) in [6.45, 7) is -0.983. The summed E-state index contributed by atoms with van der Waals surface area (Å²) in [5.74, 6) is 0. The summed E-state index contributed by atoms with van der Waals surface area (Å²) in [6.07, 6.45) is -5.43. The molecule has 0 aliphatic rings. The molecule has 0 N–H and O–H groups in total. The van der Waals surface area contributed by atoms with E-state index in [0.29, 0.717) is 5.39 Å². The fraction of sp³-hybridized carbons (Fsp3) is 0.0769. The van der Waals surface area contributed by atoms with Gasteiger partial charge in [-0.3, -0.25) is 0 Å². The number of rotatable bonds is 8. The van der Waals surface area contributed by atoms with Crippen molar-refractivity contribution in [1.82, 2.24) is 0 Å². The third kappa shape index (κ3) is 7.18. The van der Waals surface area contributed by atoms with Crippen LogP contribution in [0.4, 0.5) is 17.6 Å². The summed E-state index contributed by atoms with van der Waals surface area (Å²) in [7, 11) is -6.72. The molecule has 0 aliphatic carbocycles. The lowest BCUT2D eigenvalue weighted by Gasteiger charge is -2.27. The predicted molar refractivity (Wildman–Crippen MR) is 185 cm³/mol. The van der Waals surface area contributed by atoms with Crippen LogP contribution < -0.4 is 0 Å². The van der Waals surface area contributed by atoms with E-state index in [2.05, 4.69) is 120 Å². The van der Waals surface area contributed by atoms with Crippen LogP contribution >= 0.6 is 0 Å². The van der Waals surface area contributed by atoms with Crippen molar-refractivity contribution in [3.63, 3.8) is 0 Å². The monoisotopic (exact) mass is 700 g/mol. The molecule has 4 nitrogen and oxygen atoms in total. The van der Waals surface area contributed by atoms with Gasteiger partial charge in [-0.1, -0.05) is 115 Å². The van der Waals surface area contributed by atoms with Crippen LogP contribution in [0.5, 0.6) is 0 Å². The van der Waals surface area contributed by atoms with E-state index >= 15 is 0 Å². The zero-order valence-electron chi connectivity index (χ0n) is 25.7. The molecule has 248 valence electrons. The molecule has 0 bridgehead atoms. The Balaban J connectivity index is 0.000000174. The first-order chi connectivity index (χ1) is 23.5. The normalized spacial score (nSPS) is 12.3. The summed E-state index contributed by atoms with van der Waals surface area (Å²) in [4.78, 5) is 4.12. The van der Waals surface area contributed by atoms with Gasteiger partial charge in [0.1, 0.15) is 10.9 Å². The Hall–Kier alpha value is -4.74. The Morgan fingerprint density at radius 2 is 1.02 bits per heavy atom. The largest absolute Gasteiger partial charge is 0.743 e. The van der Waals surface area contributed by atoms with E-state index in [0.717, 1.165) is 5.39 Å². The van der Waals surface area contributed by atoms with Gasteiger partial charge in [-0.15, -0.1) is 0 Å². The first kappa shape index (κ1) is 34.1. The van der Waals surface area contributed by atoms with E-state index < -0.39 is 28.1 Å². The highest BCUT2D eigenvalue weighted by Crippen LogP contribution is 2.40. The first-order valence-electron chi connectivity index (χ1n) is 15.0. The highest BCUT2D eigenvalue weighted by molar-refractivity contribution is 7.97. The van der Waals surface area contributed by atoms with Crippen LogP contribution in [-0.2, 0) is 32.4 Å². The van der Waals surface area contributed by atoms with Gasteiger partial charge in [0.25, 0.3) is 0 Å². The van der Waals surface area contributed by atoms with Gasteiger partial charge in [0.05, 0.1) is 6.61 Å². The van der Waals surface area contributed by atoms with Crippen molar-refractivity contribution < 1.29 is 35.3 Å². The average molecular weight is 701 g/mol. The summed E-state index contributed by atoms with van der Waals surface area (Å²) in [5.41, 5.74) is 0.123. The molecule has 0 atom stereocenters. The zero-order valence-corrected chi connectivity index (χ0v) is 27.3. The fourth-order valence-corrected chi connectivity index (χ4v) is 8.17. The van der Waals surface area contributed by atoms with Crippen molar-refractivity contribution in [1.29, 1.82) is 0 Å². The van der Waals surface area contributed by atoms with Crippen LogP contribution in [0.1, 0.15) is 5.56 Å². The lowest BCUT2D eigenvalue weighted by atomic mass is 10.1. The van der Waals surface area contributed by atoms with E-state index in [1.54, 1.807) is 30.3 Å². The third-order valence-electron chi connectivity index (χ3n) is 7.80. The van der Waals surface area contributed by atoms with Gasteiger partial charge in [-0.25, -0.2) is 8.42 Å². The van der Waals surface area contributed by atoms with Gasteiger partial charge in [-0.2, -0.15) is 17.6 Å². The maximum atomic E-state index is 13.1. The predicted octanol–water partition coefficient (Wildman–Crippen LogP) is 10.2. The average Bonchev–Trinajstić information content (AvgIpc) is 3.11. The Bertz CT molecular complexity index is 2260. The molecule has 0 fully saturated rings. The van der Waals surface area contributed by atoms with E-state index in [1.807, 2.05) is 0 Å². The standard InChI is InChI=1S/C26H19S.C13H10F4O4S/c1-2-14-22(15-3-1)27(25-18-8-12-20-10-4-6-16-23(20)25)26-19-9-13-21-11-5-7-17-24(21)26;14-12(15,13(16,17)22(18,19)20)21-8-9-5-6-10-3-1-2-4-11(10)7-9/h1-19H;1-7H,8H2,(H,18,19,20)/q+1;/p-1. The highest BCUT2D eigenvalue weighted by Gasteiger charge is 2.63. The van der Waals surface area contributed by atoms with E-state index in [9.17, 15) is 30.5 Å². The van der Waals surface area contributed by atoms with Crippen LogP contribution in [-0.4, -0.2) is 24.3 Å². The van der Waals surface area contributed by atoms with Crippen LogP contribution in [0, 0.1) is 0 Å². The summed E-state index contributed by atoms with van der Waals surface area (Å²) >= 11 is 0. The summed E-state index contributed by atoms with van der Waals surface area (Å²) in [5, 5.41) is 0.866. The Morgan fingerprint density at radius 3 is 1.57 bits per heavy atom. The lowest BCUT2D eigenvalue weighted by Crippen LogP contribution is -2.48. The number of benzene rings is 7. The van der Waals surface area contributed by atoms with Crippen molar-refractivity contribution in [2.24, 2.45) is 0 Å². The van der Waals surface area contributed by atoms with Crippen molar-refractivity contribution in [3.05, 3.63) is 163 Å². The third-order valence-corrected chi connectivity index (χ3v) is 11.0. The molecule has 7 aromatic carbocycles. The van der Waals surface area contributed by atoms with E-state index in [4.69, 9.17) is 0 Å². The van der Waals surface area contributed by atoms with Gasteiger partial charge in [0, 0.05) is 10.8 Å². The minimum absolute atomic E-state index is 0.123. The Morgan fingerprint density at radius 1 is 0.551 bits per heavy atom. The molecule has 0 unspecified atom stereocenters. The van der Waals surface area contributed by atoms with E-state index in [1.165, 1.54) is 48.4 Å². The molecule has 0 spiro atoms. The van der Waals surface area contributed by atoms with Crippen LogP contribution in [0.2, 0.25) is 0 Å². The SMILES string of the molecule is O=S(=O)([O-])C(F)(F)C(F)(F)OCc1ccc2ccccc2c1.c1ccc([S+](c2cccc3ccccc23)c2cccc3ccccc23)cc1. The zero-order chi connectivity index (χ0) is 34.6. The number of hydrogen-bond donors (Lipinski definition) is 0. The number of halogens is 4. The second-order valence-electron chi connectivity index (χ2n) is 11.0. The molecule has 0 amide bonds. The van der Waals surface area contributed by atoms with Crippen molar-refractivity contribution in [3.8, 4) is 0 Å². The topological polar surface area (TPSA) is 66.4 Å². The second kappa shape index (κ2) is 14.0.